The van der Waals surface area contributed by atoms with Crippen LogP contribution < -0.4 is 0 Å². The standard InChI is InChI=1S/C26H35N3O2/c1-5-21(6-2)24(30)29-15-9-13-26(19-29,25(31)28(3)4)17-20-10-7-11-22(16-20)23-12-8-14-27-18-23/h7-8,10-12,14,16,18,21H,5-6,9,13,15,17,19H2,1-4H3/t26-/m1/s1. The highest BCUT2D eigenvalue weighted by Crippen LogP contribution is 2.37. The summed E-state index contributed by atoms with van der Waals surface area (Å²) in [5.41, 5.74) is 2.69. The molecule has 1 aliphatic heterocycles. The fraction of sp³-hybridized carbons (Fsp3) is 0.500. The Morgan fingerprint density at radius 1 is 1.13 bits per heavy atom. The number of aromatic nitrogens is 1. The maximum absolute atomic E-state index is 13.4. The van der Waals surface area contributed by atoms with Gasteiger partial charge in [0.15, 0.2) is 0 Å². The third kappa shape index (κ3) is 5.15. The van der Waals surface area contributed by atoms with Crippen molar-refractivity contribution in [2.45, 2.75) is 46.0 Å². The Kier molecular flexibility index (Phi) is 7.47. The second-order valence-corrected chi connectivity index (χ2v) is 8.98. The summed E-state index contributed by atoms with van der Waals surface area (Å²) in [5.74, 6) is 0.352. The number of nitrogens with zero attached hydrogens (tertiary/aromatic N) is 3. The molecular weight excluding hydrogens is 386 g/mol. The quantitative estimate of drug-likeness (QED) is 0.665. The van der Waals surface area contributed by atoms with Crippen molar-refractivity contribution in [2.75, 3.05) is 27.2 Å². The molecule has 0 unspecified atom stereocenters. The lowest BCUT2D eigenvalue weighted by Gasteiger charge is -2.44. The zero-order valence-corrected chi connectivity index (χ0v) is 19.3. The van der Waals surface area contributed by atoms with E-state index in [1.165, 1.54) is 0 Å². The smallest absolute Gasteiger partial charge is 0.230 e. The van der Waals surface area contributed by atoms with Gasteiger partial charge in [-0.1, -0.05) is 44.2 Å². The average molecular weight is 422 g/mol. The minimum atomic E-state index is -0.586. The zero-order valence-electron chi connectivity index (χ0n) is 19.3. The molecule has 2 heterocycles. The van der Waals surface area contributed by atoms with Crippen LogP contribution in [0, 0.1) is 11.3 Å². The molecule has 1 saturated heterocycles. The van der Waals surface area contributed by atoms with Crippen LogP contribution in [0.15, 0.2) is 48.8 Å². The van der Waals surface area contributed by atoms with Crippen molar-refractivity contribution in [1.29, 1.82) is 0 Å². The van der Waals surface area contributed by atoms with Crippen molar-refractivity contribution in [2.24, 2.45) is 11.3 Å². The maximum Gasteiger partial charge on any atom is 0.230 e. The molecule has 1 atom stereocenters. The van der Waals surface area contributed by atoms with Crippen LogP contribution in [0.1, 0.15) is 45.1 Å². The van der Waals surface area contributed by atoms with Crippen LogP contribution in [-0.2, 0) is 16.0 Å². The molecule has 2 amide bonds. The molecule has 166 valence electrons. The fourth-order valence-corrected chi connectivity index (χ4v) is 4.87. The minimum Gasteiger partial charge on any atom is -0.348 e. The van der Waals surface area contributed by atoms with Crippen LogP contribution in [0.4, 0.5) is 0 Å². The van der Waals surface area contributed by atoms with E-state index in [-0.39, 0.29) is 17.7 Å². The van der Waals surface area contributed by atoms with E-state index in [1.54, 1.807) is 11.1 Å². The van der Waals surface area contributed by atoms with E-state index in [0.29, 0.717) is 13.0 Å². The van der Waals surface area contributed by atoms with Gasteiger partial charge in [0, 0.05) is 45.5 Å². The monoisotopic (exact) mass is 421 g/mol. The second-order valence-electron chi connectivity index (χ2n) is 8.98. The molecule has 5 nitrogen and oxygen atoms in total. The van der Waals surface area contributed by atoms with Crippen LogP contribution in [-0.4, -0.2) is 53.8 Å². The summed E-state index contributed by atoms with van der Waals surface area (Å²) in [5, 5.41) is 0. The first-order valence-electron chi connectivity index (χ1n) is 11.4. The summed E-state index contributed by atoms with van der Waals surface area (Å²) >= 11 is 0. The third-order valence-electron chi connectivity index (χ3n) is 6.55. The summed E-state index contributed by atoms with van der Waals surface area (Å²) < 4.78 is 0. The molecule has 1 aromatic heterocycles. The first-order chi connectivity index (χ1) is 14.9. The molecule has 1 aromatic carbocycles. The molecule has 0 bridgehead atoms. The van der Waals surface area contributed by atoms with Gasteiger partial charge in [0.05, 0.1) is 5.41 Å². The normalized spacial score (nSPS) is 18.8. The summed E-state index contributed by atoms with van der Waals surface area (Å²) in [6.07, 6.45) is 7.59. The molecule has 0 spiro atoms. The molecule has 0 radical (unpaired) electrons. The Balaban J connectivity index is 1.91. The summed E-state index contributed by atoms with van der Waals surface area (Å²) in [7, 11) is 3.63. The van der Waals surface area contributed by atoms with Gasteiger partial charge >= 0.3 is 0 Å². The molecule has 2 aromatic rings. The van der Waals surface area contributed by atoms with Crippen molar-refractivity contribution >= 4 is 11.8 Å². The van der Waals surface area contributed by atoms with Gasteiger partial charge in [-0.3, -0.25) is 14.6 Å². The van der Waals surface area contributed by atoms with Crippen molar-refractivity contribution in [3.8, 4) is 11.1 Å². The van der Waals surface area contributed by atoms with E-state index in [9.17, 15) is 9.59 Å². The largest absolute Gasteiger partial charge is 0.348 e. The Labute approximate surface area is 186 Å². The fourth-order valence-electron chi connectivity index (χ4n) is 4.87. The van der Waals surface area contributed by atoms with E-state index in [2.05, 4.69) is 37.0 Å². The number of carbonyl (C=O) groups excluding carboxylic acids is 2. The van der Waals surface area contributed by atoms with Gasteiger partial charge in [0.2, 0.25) is 11.8 Å². The predicted octanol–water partition coefficient (Wildman–Crippen LogP) is 4.42. The van der Waals surface area contributed by atoms with Gasteiger partial charge in [-0.05, 0) is 54.9 Å². The molecule has 0 N–H and O–H groups in total. The molecule has 31 heavy (non-hydrogen) atoms. The highest BCUT2D eigenvalue weighted by molar-refractivity contribution is 5.85. The van der Waals surface area contributed by atoms with Gasteiger partial charge in [-0.2, -0.15) is 0 Å². The number of hydrogen-bond donors (Lipinski definition) is 0. The number of piperidine rings is 1. The average Bonchev–Trinajstić information content (AvgIpc) is 2.80. The van der Waals surface area contributed by atoms with Crippen molar-refractivity contribution < 1.29 is 9.59 Å². The summed E-state index contributed by atoms with van der Waals surface area (Å²) in [6, 6.07) is 12.3. The lowest BCUT2D eigenvalue weighted by atomic mass is 9.73. The number of benzene rings is 1. The van der Waals surface area contributed by atoms with Crippen molar-refractivity contribution in [3.05, 3.63) is 54.4 Å². The van der Waals surface area contributed by atoms with Crippen molar-refractivity contribution in [3.63, 3.8) is 0 Å². The summed E-state index contributed by atoms with van der Waals surface area (Å²) in [4.78, 5) is 34.4. The Morgan fingerprint density at radius 2 is 1.87 bits per heavy atom. The molecule has 3 rings (SSSR count). The van der Waals surface area contributed by atoms with Crippen LogP contribution >= 0.6 is 0 Å². The van der Waals surface area contributed by atoms with E-state index >= 15 is 0 Å². The lowest BCUT2D eigenvalue weighted by molar-refractivity contribution is -0.149. The zero-order chi connectivity index (χ0) is 22.4. The molecule has 0 aliphatic carbocycles. The Hall–Kier alpha value is -2.69. The van der Waals surface area contributed by atoms with E-state index in [4.69, 9.17) is 0 Å². The van der Waals surface area contributed by atoms with E-state index in [0.717, 1.165) is 48.9 Å². The Bertz CT molecular complexity index is 893. The maximum atomic E-state index is 13.4. The van der Waals surface area contributed by atoms with Gasteiger partial charge in [-0.25, -0.2) is 0 Å². The highest BCUT2D eigenvalue weighted by Gasteiger charge is 2.44. The molecular formula is C26H35N3O2. The number of hydrogen-bond acceptors (Lipinski definition) is 3. The van der Waals surface area contributed by atoms with Crippen LogP contribution in [0.5, 0.6) is 0 Å². The van der Waals surface area contributed by atoms with Gasteiger partial charge in [-0.15, -0.1) is 0 Å². The number of amides is 2. The highest BCUT2D eigenvalue weighted by atomic mass is 16.2. The molecule has 1 fully saturated rings. The van der Waals surface area contributed by atoms with Gasteiger partial charge < -0.3 is 9.80 Å². The van der Waals surface area contributed by atoms with Gasteiger partial charge in [0.25, 0.3) is 0 Å². The Morgan fingerprint density at radius 3 is 2.52 bits per heavy atom. The topological polar surface area (TPSA) is 53.5 Å². The molecule has 1 aliphatic rings. The number of pyridine rings is 1. The predicted molar refractivity (Wildman–Crippen MR) is 124 cm³/mol. The first-order valence-corrected chi connectivity index (χ1v) is 11.4. The van der Waals surface area contributed by atoms with Crippen LogP contribution in [0.3, 0.4) is 0 Å². The number of rotatable bonds is 7. The second kappa shape index (κ2) is 10.1. The number of likely N-dealkylation sites (tertiary alicyclic amines) is 1. The van der Waals surface area contributed by atoms with E-state index < -0.39 is 5.41 Å². The molecule has 0 saturated carbocycles. The molecule has 5 heteroatoms. The van der Waals surface area contributed by atoms with Gasteiger partial charge in [0.1, 0.15) is 0 Å². The lowest BCUT2D eigenvalue weighted by Crippen LogP contribution is -2.55. The summed E-state index contributed by atoms with van der Waals surface area (Å²) in [6.45, 7) is 5.38. The van der Waals surface area contributed by atoms with Crippen molar-refractivity contribution in [1.82, 2.24) is 14.8 Å². The minimum absolute atomic E-state index is 0.0409. The van der Waals surface area contributed by atoms with Crippen LogP contribution in [0.2, 0.25) is 0 Å². The number of carbonyl (C=O) groups is 2. The van der Waals surface area contributed by atoms with E-state index in [1.807, 2.05) is 43.4 Å². The SMILES string of the molecule is CCC(CC)C(=O)N1CCC[C@](Cc2cccc(-c3cccnc3)c2)(C(=O)N(C)C)C1. The first kappa shape index (κ1) is 23.0. The third-order valence-corrected chi connectivity index (χ3v) is 6.55. The van der Waals surface area contributed by atoms with Crippen LogP contribution in [0.25, 0.3) is 11.1 Å².